The number of rotatable bonds is 0. The quantitative estimate of drug-likeness (QED) is 0.422. The van der Waals surface area contributed by atoms with Crippen LogP contribution in [-0.4, -0.2) is 0 Å². The molecule has 2 aliphatic carbocycles. The third-order valence-corrected chi connectivity index (χ3v) is 12.3. The van der Waals surface area contributed by atoms with Gasteiger partial charge in [-0.15, -0.1) is 0 Å². The number of hydrogen-bond acceptors (Lipinski definition) is 3. The molecule has 0 aromatic heterocycles. The van der Waals surface area contributed by atoms with Gasteiger partial charge in [0.2, 0.25) is 0 Å². The molecule has 0 saturated heterocycles. The van der Waals surface area contributed by atoms with E-state index in [0.717, 1.165) is 8.95 Å². The largest absolute Gasteiger partial charge is 1.00 e. The van der Waals surface area contributed by atoms with E-state index in [1.807, 2.05) is 24.3 Å². The zero-order chi connectivity index (χ0) is 18.6. The Morgan fingerprint density at radius 1 is 0.733 bits per heavy atom. The molecule has 4 bridgehead atoms. The average molecular weight is 660 g/mol. The molecule has 0 spiro atoms. The van der Waals surface area contributed by atoms with Gasteiger partial charge in [-0.1, -0.05) is 0 Å². The zero-order valence-corrected chi connectivity index (χ0v) is 23.0. The zero-order valence-electron chi connectivity index (χ0n) is 15.0. The summed E-state index contributed by atoms with van der Waals surface area (Å²) in [7, 11) is 0. The van der Waals surface area contributed by atoms with Crippen LogP contribution in [0.2, 0.25) is 0 Å². The molecule has 2 aromatic carbocycles. The summed E-state index contributed by atoms with van der Waals surface area (Å²) in [5, 5.41) is 0. The number of hydrogen-bond donors (Lipinski definition) is 0. The molecule has 30 heavy (non-hydrogen) atoms. The molecule has 2 unspecified atom stereocenters. The molecule has 148 valence electrons. The van der Waals surface area contributed by atoms with Gasteiger partial charge in [-0.05, 0) is 0 Å². The van der Waals surface area contributed by atoms with Crippen molar-refractivity contribution >= 4 is 55.8 Å². The molecule has 8 heteroatoms. The van der Waals surface area contributed by atoms with Crippen LogP contribution < -0.4 is 24.8 Å². The van der Waals surface area contributed by atoms with Gasteiger partial charge >= 0.3 is 196 Å². The first-order valence-corrected chi connectivity index (χ1v) is 13.8. The van der Waals surface area contributed by atoms with E-state index in [9.17, 15) is 0 Å². The van der Waals surface area contributed by atoms with Gasteiger partial charge in [0.25, 0.3) is 0 Å². The van der Waals surface area contributed by atoms with Crippen molar-refractivity contribution in [3.63, 3.8) is 0 Å². The normalized spacial score (nSPS) is 22.3. The van der Waals surface area contributed by atoms with Gasteiger partial charge in [-0.3, -0.25) is 0 Å². The molecular formula is C22H10Br2Cl2O2SZr. The molecule has 2 atom stereocenters. The van der Waals surface area contributed by atoms with Gasteiger partial charge in [0.05, 0.1) is 0 Å². The van der Waals surface area contributed by atoms with Crippen LogP contribution in [0, 0.1) is 0 Å². The topological polar surface area (TPSA) is 18.5 Å². The van der Waals surface area contributed by atoms with Crippen molar-refractivity contribution in [1.82, 2.24) is 0 Å². The van der Waals surface area contributed by atoms with Crippen molar-refractivity contribution < 1.29 is 57.5 Å². The summed E-state index contributed by atoms with van der Waals surface area (Å²) < 4.78 is 17.4. The third-order valence-electron chi connectivity index (χ3n) is 5.83. The van der Waals surface area contributed by atoms with Gasteiger partial charge in [-0.2, -0.15) is 0 Å². The summed E-state index contributed by atoms with van der Waals surface area (Å²) >= 11 is 8.43. The van der Waals surface area contributed by atoms with Crippen LogP contribution >= 0.6 is 43.6 Å². The Hall–Kier alpha value is -0.227. The summed E-state index contributed by atoms with van der Waals surface area (Å²) in [6.07, 6.45) is 8.88. The van der Waals surface area contributed by atoms with Crippen molar-refractivity contribution in [2.24, 2.45) is 0 Å². The summed E-state index contributed by atoms with van der Waals surface area (Å²) in [5.74, 6) is 0. The maximum Gasteiger partial charge on any atom is -1.00 e. The van der Waals surface area contributed by atoms with E-state index in [2.05, 4.69) is 68.3 Å². The van der Waals surface area contributed by atoms with Crippen molar-refractivity contribution in [3.05, 3.63) is 85.7 Å². The second kappa shape index (κ2) is 7.68. The molecular weight excluding hydrogens is 650 g/mol. The van der Waals surface area contributed by atoms with Crippen LogP contribution in [0.4, 0.5) is 0 Å². The molecule has 0 amide bonds. The maximum absolute atomic E-state index is 6.15. The molecule has 3 aliphatic heterocycles. The van der Waals surface area contributed by atoms with Crippen LogP contribution in [-0.2, 0) is 32.7 Å². The average Bonchev–Trinajstić information content (AvgIpc) is 3.41. The molecule has 0 radical (unpaired) electrons. The number of benzene rings is 2. The minimum atomic E-state index is -1.01. The van der Waals surface area contributed by atoms with E-state index >= 15 is 0 Å². The molecule has 0 fully saturated rings. The number of fused-ring (bicyclic) bond motifs is 2. The van der Waals surface area contributed by atoms with E-state index in [1.54, 1.807) is 0 Å². The number of halogens is 4. The van der Waals surface area contributed by atoms with Crippen LogP contribution in [0.3, 0.4) is 0 Å². The fourth-order valence-corrected chi connectivity index (χ4v) is 9.86. The Morgan fingerprint density at radius 3 is 1.67 bits per heavy atom. The van der Waals surface area contributed by atoms with Crippen LogP contribution in [0.1, 0.15) is 34.5 Å². The SMILES string of the molecule is Brc1ccc2c3c1Sc1c(Br)ccc4c1C=C1[C](=COC14)[Zr+2][C]1=COC2C1=C3.[Cl-].[Cl-]. The molecule has 7 rings (SSSR count). The van der Waals surface area contributed by atoms with Gasteiger partial charge in [-0.25, -0.2) is 0 Å². The smallest absolute Gasteiger partial charge is 1.00 e. The Kier molecular flexibility index (Phi) is 5.53. The number of ether oxygens (including phenoxy) is 2. The summed E-state index contributed by atoms with van der Waals surface area (Å²) in [6.45, 7) is 0. The van der Waals surface area contributed by atoms with E-state index in [0.29, 0.717) is 0 Å². The Balaban J connectivity index is 0.000000963. The van der Waals surface area contributed by atoms with Crippen molar-refractivity contribution in [2.45, 2.75) is 22.0 Å². The van der Waals surface area contributed by atoms with Gasteiger partial charge in [0.1, 0.15) is 0 Å². The third kappa shape index (κ3) is 2.84. The van der Waals surface area contributed by atoms with Crippen LogP contribution in [0.15, 0.2) is 73.2 Å². The molecule has 2 nitrogen and oxygen atoms in total. The summed E-state index contributed by atoms with van der Waals surface area (Å²) in [4.78, 5) is 2.52. The molecule has 0 saturated carbocycles. The van der Waals surface area contributed by atoms with E-state index in [1.165, 1.54) is 49.8 Å². The first kappa shape index (κ1) is 21.6. The van der Waals surface area contributed by atoms with Gasteiger partial charge in [0.15, 0.2) is 0 Å². The van der Waals surface area contributed by atoms with Gasteiger partial charge in [0, 0.05) is 0 Å². The van der Waals surface area contributed by atoms with Gasteiger partial charge < -0.3 is 24.8 Å². The summed E-state index contributed by atoms with van der Waals surface area (Å²) in [5.41, 5.74) is 7.87. The monoisotopic (exact) mass is 656 g/mol. The standard InChI is InChI=1S/C22H10Br2O2S.2ClH.Zr/c23-17-3-1-13-15(9-11-5-7-25-19(11)13)21(17)27-22-16-10-12-6-8-26-20(12)14(16)2-4-18(22)24;;;/h1-4,7-10,19-20H;2*1H;/q;;;+2/p-2. The predicted octanol–water partition coefficient (Wildman–Crippen LogP) is 1.09. The van der Waals surface area contributed by atoms with Crippen LogP contribution in [0.5, 0.6) is 0 Å². The minimum Gasteiger partial charge on any atom is -1.00 e. The van der Waals surface area contributed by atoms with Crippen molar-refractivity contribution in [1.29, 1.82) is 0 Å². The van der Waals surface area contributed by atoms with E-state index < -0.39 is 23.2 Å². The molecule has 3 heterocycles. The van der Waals surface area contributed by atoms with Crippen molar-refractivity contribution in [3.8, 4) is 0 Å². The minimum absolute atomic E-state index is 0. The van der Waals surface area contributed by atoms with E-state index in [4.69, 9.17) is 9.47 Å². The Bertz CT molecular complexity index is 1170. The molecule has 2 aromatic rings. The fourth-order valence-electron chi connectivity index (χ4n) is 4.53. The van der Waals surface area contributed by atoms with Crippen LogP contribution in [0.25, 0.3) is 12.2 Å². The molecule has 5 aliphatic rings. The first-order valence-electron chi connectivity index (χ1n) is 8.94. The Morgan fingerprint density at radius 2 is 1.20 bits per heavy atom. The summed E-state index contributed by atoms with van der Waals surface area (Å²) in [6, 6.07) is 8.73. The fraction of sp³-hybridized carbons (Fsp3) is 0.0909. The predicted molar refractivity (Wildman–Crippen MR) is 112 cm³/mol. The maximum atomic E-state index is 6.15. The Labute approximate surface area is 218 Å². The van der Waals surface area contributed by atoms with Crippen molar-refractivity contribution in [2.75, 3.05) is 0 Å². The second-order valence-corrected chi connectivity index (χ2v) is 13.3. The van der Waals surface area contributed by atoms with E-state index in [-0.39, 0.29) is 37.0 Å². The molecule has 0 N–H and O–H groups in total. The first-order chi connectivity index (χ1) is 13.7. The second-order valence-electron chi connectivity index (χ2n) is 7.28.